The second-order valence-electron chi connectivity index (χ2n) is 6.29. The first-order chi connectivity index (χ1) is 11.3. The number of hydrogen-bond acceptors (Lipinski definition) is 4. The Morgan fingerprint density at radius 1 is 1.25 bits per heavy atom. The zero-order valence-electron chi connectivity index (χ0n) is 13.7. The Bertz CT molecular complexity index is 710. The quantitative estimate of drug-likeness (QED) is 0.858. The number of nitrogens with zero attached hydrogens (tertiary/aromatic N) is 5. The van der Waals surface area contributed by atoms with E-state index in [1.807, 2.05) is 6.07 Å². The Kier molecular flexibility index (Phi) is 4.58. The summed E-state index contributed by atoms with van der Waals surface area (Å²) in [5.41, 5.74) is 3.70. The van der Waals surface area contributed by atoms with Crippen molar-refractivity contribution in [2.75, 3.05) is 6.54 Å². The summed E-state index contributed by atoms with van der Waals surface area (Å²) in [4.78, 5) is 2.17. The van der Waals surface area contributed by atoms with E-state index in [1.54, 1.807) is 0 Å². The molecule has 1 atom stereocenters. The molecule has 2 aromatic rings. The Balaban J connectivity index is 1.80. The van der Waals surface area contributed by atoms with E-state index in [4.69, 9.17) is 0 Å². The minimum Gasteiger partial charge on any atom is -0.289 e. The zero-order chi connectivity index (χ0) is 17.3. The van der Waals surface area contributed by atoms with Gasteiger partial charge >= 0.3 is 6.18 Å². The summed E-state index contributed by atoms with van der Waals surface area (Å²) in [6, 6.07) is 6.40. The van der Waals surface area contributed by atoms with Gasteiger partial charge in [0.25, 0.3) is 0 Å². The highest BCUT2D eigenvalue weighted by atomic mass is 19.4. The normalized spacial score (nSPS) is 19.1. The molecule has 1 aromatic carbocycles. The maximum atomic E-state index is 12.6. The molecule has 1 aromatic heterocycles. The average Bonchev–Trinajstić information content (AvgIpc) is 3.11. The molecule has 1 saturated heterocycles. The van der Waals surface area contributed by atoms with Crippen LogP contribution in [0.4, 0.5) is 13.2 Å². The molecule has 1 aliphatic heterocycles. The Hall–Kier alpha value is -1.96. The Morgan fingerprint density at radius 3 is 2.79 bits per heavy atom. The molecule has 5 nitrogen and oxygen atoms in total. The highest BCUT2D eigenvalue weighted by Gasteiger charge is 2.32. The monoisotopic (exact) mass is 339 g/mol. The molecule has 0 saturated carbocycles. The molecular weight excluding hydrogens is 319 g/mol. The van der Waals surface area contributed by atoms with Crippen LogP contribution in [-0.2, 0) is 13.1 Å². The Morgan fingerprint density at radius 2 is 2.04 bits per heavy atom. The lowest BCUT2D eigenvalue weighted by Crippen LogP contribution is -2.27. The van der Waals surface area contributed by atoms with Gasteiger partial charge in [-0.2, -0.15) is 13.2 Å². The van der Waals surface area contributed by atoms with E-state index in [0.717, 1.165) is 24.1 Å². The van der Waals surface area contributed by atoms with Gasteiger partial charge in [0.05, 0.1) is 6.54 Å². The first-order valence-corrected chi connectivity index (χ1v) is 7.97. The number of benzene rings is 1. The SMILES string of the molecule is Cc1cccc([C@H]2CCCN2Cc2nnnn2CC(F)(F)F)c1C. The predicted octanol–water partition coefficient (Wildman–Crippen LogP) is 3.19. The summed E-state index contributed by atoms with van der Waals surface area (Å²) in [6.45, 7) is 4.16. The van der Waals surface area contributed by atoms with E-state index in [-0.39, 0.29) is 11.9 Å². The van der Waals surface area contributed by atoms with Crippen LogP contribution in [0.25, 0.3) is 0 Å². The highest BCUT2D eigenvalue weighted by molar-refractivity contribution is 5.35. The molecule has 1 fully saturated rings. The van der Waals surface area contributed by atoms with Gasteiger partial charge in [-0.1, -0.05) is 18.2 Å². The largest absolute Gasteiger partial charge is 0.408 e. The molecular formula is C16H20F3N5. The molecule has 8 heteroatoms. The number of hydrogen-bond donors (Lipinski definition) is 0. The fourth-order valence-corrected chi connectivity index (χ4v) is 3.31. The third-order valence-electron chi connectivity index (χ3n) is 4.65. The topological polar surface area (TPSA) is 46.8 Å². The van der Waals surface area contributed by atoms with E-state index < -0.39 is 12.7 Å². The van der Waals surface area contributed by atoms with E-state index in [1.165, 1.54) is 16.7 Å². The third kappa shape index (κ3) is 3.58. The molecule has 0 radical (unpaired) electrons. The number of aryl methyl sites for hydroxylation is 1. The number of tetrazole rings is 1. The van der Waals surface area contributed by atoms with Gasteiger partial charge in [0, 0.05) is 6.04 Å². The van der Waals surface area contributed by atoms with Crippen molar-refractivity contribution in [3.05, 3.63) is 40.7 Å². The Labute approximate surface area is 138 Å². The van der Waals surface area contributed by atoms with Gasteiger partial charge in [0.1, 0.15) is 6.54 Å². The van der Waals surface area contributed by atoms with Crippen molar-refractivity contribution in [2.45, 2.75) is 52.0 Å². The summed E-state index contributed by atoms with van der Waals surface area (Å²) >= 11 is 0. The van der Waals surface area contributed by atoms with Crippen LogP contribution < -0.4 is 0 Å². The minimum absolute atomic E-state index is 0.195. The molecule has 0 amide bonds. The van der Waals surface area contributed by atoms with E-state index >= 15 is 0 Å². The first kappa shape index (κ1) is 16.9. The van der Waals surface area contributed by atoms with E-state index in [0.29, 0.717) is 6.54 Å². The predicted molar refractivity (Wildman–Crippen MR) is 82.2 cm³/mol. The van der Waals surface area contributed by atoms with Crippen LogP contribution in [0.15, 0.2) is 18.2 Å². The summed E-state index contributed by atoms with van der Waals surface area (Å²) in [5.74, 6) is 0.254. The van der Waals surface area contributed by atoms with Crippen LogP contribution in [0.3, 0.4) is 0 Å². The number of alkyl halides is 3. The van der Waals surface area contributed by atoms with Crippen molar-refractivity contribution in [1.29, 1.82) is 0 Å². The van der Waals surface area contributed by atoms with Crippen LogP contribution in [-0.4, -0.2) is 37.8 Å². The molecule has 1 aliphatic rings. The van der Waals surface area contributed by atoms with Gasteiger partial charge in [-0.05, 0) is 60.4 Å². The summed E-state index contributed by atoms with van der Waals surface area (Å²) in [5, 5.41) is 10.7. The molecule has 0 N–H and O–H groups in total. The zero-order valence-corrected chi connectivity index (χ0v) is 13.7. The number of rotatable bonds is 4. The minimum atomic E-state index is -4.33. The van der Waals surface area contributed by atoms with Gasteiger partial charge < -0.3 is 0 Å². The van der Waals surface area contributed by atoms with Gasteiger partial charge in [-0.15, -0.1) is 5.10 Å². The van der Waals surface area contributed by atoms with Gasteiger partial charge in [-0.3, -0.25) is 4.90 Å². The lowest BCUT2D eigenvalue weighted by Gasteiger charge is -2.26. The number of likely N-dealkylation sites (tertiary alicyclic amines) is 1. The third-order valence-corrected chi connectivity index (χ3v) is 4.65. The molecule has 0 bridgehead atoms. The number of aromatic nitrogens is 4. The second kappa shape index (κ2) is 6.51. The average molecular weight is 339 g/mol. The van der Waals surface area contributed by atoms with Crippen LogP contribution in [0, 0.1) is 13.8 Å². The lowest BCUT2D eigenvalue weighted by atomic mass is 9.96. The van der Waals surface area contributed by atoms with Crippen LogP contribution in [0.1, 0.15) is 41.4 Å². The molecule has 3 rings (SSSR count). The molecule has 0 unspecified atom stereocenters. The van der Waals surface area contributed by atoms with Crippen LogP contribution >= 0.6 is 0 Å². The van der Waals surface area contributed by atoms with Gasteiger partial charge in [0.2, 0.25) is 0 Å². The van der Waals surface area contributed by atoms with Crippen molar-refractivity contribution < 1.29 is 13.2 Å². The van der Waals surface area contributed by atoms with Crippen molar-refractivity contribution >= 4 is 0 Å². The smallest absolute Gasteiger partial charge is 0.289 e. The van der Waals surface area contributed by atoms with Crippen molar-refractivity contribution in [1.82, 2.24) is 25.1 Å². The molecule has 0 spiro atoms. The highest BCUT2D eigenvalue weighted by Crippen LogP contribution is 2.35. The maximum Gasteiger partial charge on any atom is 0.408 e. The van der Waals surface area contributed by atoms with Crippen LogP contribution in [0.5, 0.6) is 0 Å². The second-order valence-corrected chi connectivity index (χ2v) is 6.29. The molecule has 2 heterocycles. The standard InChI is InChI=1S/C16H20F3N5/c1-11-5-3-6-13(12(11)2)14-7-4-8-23(14)9-15-20-21-22-24(15)10-16(17,18)19/h3,5-6,14H,4,7-10H2,1-2H3/t14-/m1/s1. The fraction of sp³-hybridized carbons (Fsp3) is 0.562. The summed E-state index contributed by atoms with van der Waals surface area (Å²) in [6.07, 6.45) is -2.33. The summed E-state index contributed by atoms with van der Waals surface area (Å²) in [7, 11) is 0. The van der Waals surface area contributed by atoms with E-state index in [2.05, 4.69) is 46.4 Å². The van der Waals surface area contributed by atoms with Gasteiger partial charge in [0.15, 0.2) is 5.82 Å². The fourth-order valence-electron chi connectivity index (χ4n) is 3.31. The van der Waals surface area contributed by atoms with Crippen molar-refractivity contribution in [3.63, 3.8) is 0 Å². The maximum absolute atomic E-state index is 12.6. The van der Waals surface area contributed by atoms with Crippen molar-refractivity contribution in [3.8, 4) is 0 Å². The van der Waals surface area contributed by atoms with E-state index in [9.17, 15) is 13.2 Å². The lowest BCUT2D eigenvalue weighted by molar-refractivity contribution is -0.143. The molecule has 0 aliphatic carbocycles. The van der Waals surface area contributed by atoms with Crippen molar-refractivity contribution in [2.24, 2.45) is 0 Å². The number of halogens is 3. The summed E-state index contributed by atoms with van der Waals surface area (Å²) < 4.78 is 38.7. The van der Waals surface area contributed by atoms with Crippen LogP contribution in [0.2, 0.25) is 0 Å². The first-order valence-electron chi connectivity index (χ1n) is 7.97. The molecule has 24 heavy (non-hydrogen) atoms. The molecule has 130 valence electrons. The van der Waals surface area contributed by atoms with Gasteiger partial charge in [-0.25, -0.2) is 4.68 Å².